The van der Waals surface area contributed by atoms with Crippen molar-refractivity contribution in [3.05, 3.63) is 34.8 Å². The maximum Gasteiger partial charge on any atom is 1.00 e. The van der Waals surface area contributed by atoms with Crippen molar-refractivity contribution < 1.29 is 43.5 Å². The van der Waals surface area contributed by atoms with Crippen LogP contribution in [-0.4, -0.2) is 5.48 Å². The number of nitrogens with two attached hydrogens (primary N) is 1. The Kier molecular flexibility index (Phi) is 6.68. The molecule has 4 nitrogen and oxygen atoms in total. The molecular formula is C10H8BrNNaO3S-. The molecule has 7 heteroatoms. The van der Waals surface area contributed by atoms with Crippen molar-refractivity contribution >= 4 is 43.1 Å². The molecule has 17 heavy (non-hydrogen) atoms. The molecule has 3 N–H and O–H groups in total. The van der Waals surface area contributed by atoms with E-state index in [1.807, 2.05) is 6.07 Å². The SMILES string of the molecule is Nc1cccc2c(Br)ccc([S-](=O)=O)c12.[Na+].[OH-]. The van der Waals surface area contributed by atoms with Gasteiger partial charge in [-0.1, -0.05) is 39.0 Å². The number of hydrogen-bond acceptors (Lipinski definition) is 5. The molecule has 2 aromatic rings. The van der Waals surface area contributed by atoms with Crippen LogP contribution in [0.5, 0.6) is 0 Å². The second-order valence-electron chi connectivity index (χ2n) is 3.05. The summed E-state index contributed by atoms with van der Waals surface area (Å²) in [5.74, 6) is 0. The molecule has 0 bridgehead atoms. The zero-order valence-electron chi connectivity index (χ0n) is 9.01. The third-order valence-electron chi connectivity index (χ3n) is 2.16. The van der Waals surface area contributed by atoms with E-state index in [2.05, 4.69) is 15.9 Å². The average molecular weight is 325 g/mol. The fourth-order valence-corrected chi connectivity index (χ4v) is 2.54. The van der Waals surface area contributed by atoms with E-state index in [0.717, 1.165) is 9.86 Å². The smallest absolute Gasteiger partial charge is 0.870 e. The van der Waals surface area contributed by atoms with Crippen LogP contribution in [0.15, 0.2) is 39.7 Å². The molecule has 0 unspecified atom stereocenters. The summed E-state index contributed by atoms with van der Waals surface area (Å²) in [7, 11) is -2.27. The number of anilines is 1. The van der Waals surface area contributed by atoms with Gasteiger partial charge in [-0.15, -0.1) is 0 Å². The van der Waals surface area contributed by atoms with E-state index < -0.39 is 10.7 Å². The van der Waals surface area contributed by atoms with E-state index in [4.69, 9.17) is 5.73 Å². The molecule has 0 spiro atoms. The van der Waals surface area contributed by atoms with Crippen molar-refractivity contribution in [1.82, 2.24) is 0 Å². The predicted octanol–water partition coefficient (Wildman–Crippen LogP) is -0.320. The van der Waals surface area contributed by atoms with Crippen molar-refractivity contribution in [2.24, 2.45) is 0 Å². The van der Waals surface area contributed by atoms with Crippen LogP contribution in [0.2, 0.25) is 0 Å². The van der Waals surface area contributed by atoms with Gasteiger partial charge in [0, 0.05) is 10.2 Å². The van der Waals surface area contributed by atoms with Crippen LogP contribution < -0.4 is 35.3 Å². The minimum Gasteiger partial charge on any atom is -0.870 e. The van der Waals surface area contributed by atoms with Gasteiger partial charge in [0.25, 0.3) is 0 Å². The van der Waals surface area contributed by atoms with Crippen molar-refractivity contribution in [2.75, 3.05) is 5.73 Å². The number of halogens is 1. The second kappa shape index (κ2) is 6.72. The zero-order valence-corrected chi connectivity index (χ0v) is 13.4. The standard InChI is InChI=1S/C10H7BrNO2S.Na.H2O/c11-7-4-5-9(15(13)14)10-6(7)2-1-3-8(10)12;;/h1-5H,12H2;;1H2/q-1;+1;/p-1. The Bertz CT molecular complexity index is 608. The first kappa shape index (κ1) is 16.9. The summed E-state index contributed by atoms with van der Waals surface area (Å²) in [6, 6.07) is 8.54. The minimum atomic E-state index is -2.27. The van der Waals surface area contributed by atoms with Gasteiger partial charge >= 0.3 is 29.6 Å². The maximum absolute atomic E-state index is 11.0. The van der Waals surface area contributed by atoms with Crippen LogP contribution in [0.3, 0.4) is 0 Å². The fourth-order valence-electron chi connectivity index (χ4n) is 1.51. The number of benzene rings is 2. The number of fused-ring (bicyclic) bond motifs is 1. The molecule has 0 heterocycles. The average Bonchev–Trinajstić information content (AvgIpc) is 2.19. The van der Waals surface area contributed by atoms with Gasteiger partial charge in [0.05, 0.1) is 0 Å². The summed E-state index contributed by atoms with van der Waals surface area (Å²) < 4.78 is 22.8. The summed E-state index contributed by atoms with van der Waals surface area (Å²) >= 11 is 3.36. The Morgan fingerprint density at radius 3 is 2.35 bits per heavy atom. The quantitative estimate of drug-likeness (QED) is 0.442. The largest absolute Gasteiger partial charge is 1.00 e. The molecule has 0 saturated heterocycles. The Hall–Kier alpha value is -0.110. The zero-order chi connectivity index (χ0) is 11.0. The molecule has 0 aliphatic carbocycles. The van der Waals surface area contributed by atoms with Gasteiger partial charge in [0.1, 0.15) is 0 Å². The first-order valence-electron chi connectivity index (χ1n) is 4.17. The van der Waals surface area contributed by atoms with E-state index in [1.54, 1.807) is 18.2 Å². The van der Waals surface area contributed by atoms with E-state index in [-0.39, 0.29) is 39.9 Å². The molecule has 0 aliphatic rings. The van der Waals surface area contributed by atoms with Crippen LogP contribution in [0.1, 0.15) is 0 Å². The van der Waals surface area contributed by atoms with Gasteiger partial charge in [0.2, 0.25) is 0 Å². The van der Waals surface area contributed by atoms with Gasteiger partial charge in [-0.05, 0) is 33.6 Å². The number of nitrogen functional groups attached to an aromatic ring is 1. The van der Waals surface area contributed by atoms with Gasteiger partial charge in [-0.25, -0.2) is 0 Å². The van der Waals surface area contributed by atoms with Crippen LogP contribution in [-0.2, 0) is 19.1 Å². The summed E-state index contributed by atoms with van der Waals surface area (Å²) in [4.78, 5) is 0.228. The number of rotatable bonds is 1. The third kappa shape index (κ3) is 3.21. The monoisotopic (exact) mass is 324 g/mol. The Labute approximate surface area is 131 Å². The number of hydrogen-bond donors (Lipinski definition) is 1. The van der Waals surface area contributed by atoms with Crippen molar-refractivity contribution in [3.8, 4) is 0 Å². The van der Waals surface area contributed by atoms with E-state index in [1.165, 1.54) is 6.07 Å². The first-order chi connectivity index (χ1) is 7.11. The Morgan fingerprint density at radius 2 is 1.76 bits per heavy atom. The van der Waals surface area contributed by atoms with E-state index in [9.17, 15) is 8.42 Å². The molecule has 0 aromatic heterocycles. The molecular weight excluding hydrogens is 317 g/mol. The van der Waals surface area contributed by atoms with Crippen LogP contribution >= 0.6 is 15.9 Å². The summed E-state index contributed by atoms with van der Waals surface area (Å²) in [5.41, 5.74) is 6.24. The molecule has 86 valence electrons. The molecule has 2 aromatic carbocycles. The van der Waals surface area contributed by atoms with Crippen LogP contribution in [0, 0.1) is 0 Å². The van der Waals surface area contributed by atoms with Crippen molar-refractivity contribution in [3.63, 3.8) is 0 Å². The second-order valence-corrected chi connectivity index (χ2v) is 4.81. The van der Waals surface area contributed by atoms with Crippen LogP contribution in [0.4, 0.5) is 5.69 Å². The molecule has 0 saturated carbocycles. The first-order valence-corrected chi connectivity index (χ1v) is 6.04. The molecule has 2 rings (SSSR count). The van der Waals surface area contributed by atoms with Gasteiger partial charge < -0.3 is 19.6 Å². The van der Waals surface area contributed by atoms with Gasteiger partial charge in [0.15, 0.2) is 0 Å². The molecule has 0 aliphatic heterocycles. The molecule has 0 atom stereocenters. The summed E-state index contributed by atoms with van der Waals surface area (Å²) in [6.45, 7) is 0. The molecule has 0 amide bonds. The molecule has 0 radical (unpaired) electrons. The van der Waals surface area contributed by atoms with Gasteiger partial charge in [-0.2, -0.15) is 0 Å². The summed E-state index contributed by atoms with van der Waals surface area (Å²) in [6.07, 6.45) is 0. The summed E-state index contributed by atoms with van der Waals surface area (Å²) in [5, 5.41) is 1.37. The van der Waals surface area contributed by atoms with E-state index >= 15 is 0 Å². The van der Waals surface area contributed by atoms with Crippen molar-refractivity contribution in [2.45, 2.75) is 4.90 Å². The fraction of sp³-hybridized carbons (Fsp3) is 0. The van der Waals surface area contributed by atoms with E-state index in [0.29, 0.717) is 11.1 Å². The topological polar surface area (TPSA) is 90.2 Å². The van der Waals surface area contributed by atoms with Gasteiger partial charge in [-0.3, -0.25) is 0 Å². The van der Waals surface area contributed by atoms with Crippen LogP contribution in [0.25, 0.3) is 10.8 Å². The minimum absolute atomic E-state index is 0. The third-order valence-corrected chi connectivity index (χ3v) is 3.55. The normalized spacial score (nSPS) is 9.76. The van der Waals surface area contributed by atoms with Crippen molar-refractivity contribution in [1.29, 1.82) is 0 Å². The molecule has 0 fully saturated rings. The Morgan fingerprint density at radius 1 is 1.12 bits per heavy atom. The maximum atomic E-state index is 11.0. The predicted molar refractivity (Wildman–Crippen MR) is 65.0 cm³/mol. The Balaban J connectivity index is 0.00000128.